The van der Waals surface area contributed by atoms with E-state index in [0.717, 1.165) is 24.0 Å². The molecule has 0 aliphatic heterocycles. The molecule has 1 aromatic rings. The van der Waals surface area contributed by atoms with Gasteiger partial charge in [-0.15, -0.1) is 0 Å². The van der Waals surface area contributed by atoms with Gasteiger partial charge in [-0.05, 0) is 49.6 Å². The fourth-order valence-electron chi connectivity index (χ4n) is 1.41. The molecule has 0 unspecified atom stereocenters. The smallest absolute Gasteiger partial charge is 0.165 e. The lowest BCUT2D eigenvalue weighted by molar-refractivity contribution is 0.385. The van der Waals surface area contributed by atoms with Crippen LogP contribution in [0.5, 0.6) is 5.75 Å². The van der Waals surface area contributed by atoms with E-state index < -0.39 is 0 Å². The van der Waals surface area contributed by atoms with Crippen molar-refractivity contribution in [3.8, 4) is 5.75 Å². The van der Waals surface area contributed by atoms with Crippen LogP contribution in [0.25, 0.3) is 0 Å². The zero-order chi connectivity index (χ0) is 10.6. The van der Waals surface area contributed by atoms with Crippen molar-refractivity contribution in [2.45, 2.75) is 19.8 Å². The molecule has 0 radical (unpaired) electrons. The third-order valence-electron chi connectivity index (χ3n) is 2.26. The summed E-state index contributed by atoms with van der Waals surface area (Å²) in [5.41, 5.74) is 7.46. The van der Waals surface area contributed by atoms with Gasteiger partial charge in [0.1, 0.15) is 0 Å². The minimum Gasteiger partial charge on any atom is -0.494 e. The number of hydrogen-bond donors (Lipinski definition) is 1. The van der Waals surface area contributed by atoms with Gasteiger partial charge < -0.3 is 10.5 Å². The molecule has 1 aromatic carbocycles. The van der Waals surface area contributed by atoms with Crippen LogP contribution in [0.1, 0.15) is 17.5 Å². The summed E-state index contributed by atoms with van der Waals surface area (Å²) >= 11 is 0. The van der Waals surface area contributed by atoms with Crippen LogP contribution in [0, 0.1) is 12.7 Å². The SMILES string of the molecule is COc1cc(C)c(CCCN)cc1F. The van der Waals surface area contributed by atoms with Crippen molar-refractivity contribution < 1.29 is 9.13 Å². The Balaban J connectivity index is 2.90. The van der Waals surface area contributed by atoms with Gasteiger partial charge in [0.2, 0.25) is 0 Å². The predicted molar refractivity (Wildman–Crippen MR) is 55.1 cm³/mol. The Morgan fingerprint density at radius 3 is 2.71 bits per heavy atom. The van der Waals surface area contributed by atoms with E-state index in [4.69, 9.17) is 10.5 Å². The first-order chi connectivity index (χ1) is 6.69. The van der Waals surface area contributed by atoms with Crippen molar-refractivity contribution in [2.24, 2.45) is 5.73 Å². The zero-order valence-corrected chi connectivity index (χ0v) is 8.64. The minimum absolute atomic E-state index is 0.301. The third-order valence-corrected chi connectivity index (χ3v) is 2.26. The van der Waals surface area contributed by atoms with E-state index in [0.29, 0.717) is 12.3 Å². The number of methoxy groups -OCH3 is 1. The molecule has 0 aliphatic rings. The second-order valence-electron chi connectivity index (χ2n) is 3.31. The largest absolute Gasteiger partial charge is 0.494 e. The summed E-state index contributed by atoms with van der Waals surface area (Å²) in [5.74, 6) is 0.00381. The molecule has 0 amide bonds. The van der Waals surface area contributed by atoms with Gasteiger partial charge in [-0.3, -0.25) is 0 Å². The number of halogens is 1. The topological polar surface area (TPSA) is 35.2 Å². The Morgan fingerprint density at radius 1 is 1.43 bits per heavy atom. The van der Waals surface area contributed by atoms with Crippen molar-refractivity contribution >= 4 is 0 Å². The van der Waals surface area contributed by atoms with Crippen molar-refractivity contribution in [1.29, 1.82) is 0 Å². The van der Waals surface area contributed by atoms with Gasteiger partial charge in [-0.25, -0.2) is 4.39 Å². The maximum absolute atomic E-state index is 13.3. The predicted octanol–water partition coefficient (Wildman–Crippen LogP) is 2.03. The number of aryl methyl sites for hydroxylation is 2. The summed E-state index contributed by atoms with van der Waals surface area (Å²) < 4.78 is 18.2. The Kier molecular flexibility index (Phi) is 3.89. The van der Waals surface area contributed by atoms with Gasteiger partial charge in [0.15, 0.2) is 11.6 Å². The summed E-state index contributed by atoms with van der Waals surface area (Å²) in [6.45, 7) is 2.58. The molecule has 2 nitrogen and oxygen atoms in total. The lowest BCUT2D eigenvalue weighted by Gasteiger charge is -2.08. The molecular weight excluding hydrogens is 181 g/mol. The van der Waals surface area contributed by atoms with Crippen LogP contribution in [0.2, 0.25) is 0 Å². The van der Waals surface area contributed by atoms with Crippen molar-refractivity contribution in [1.82, 2.24) is 0 Å². The molecule has 78 valence electrons. The normalized spacial score (nSPS) is 10.3. The highest BCUT2D eigenvalue weighted by Crippen LogP contribution is 2.22. The highest BCUT2D eigenvalue weighted by Gasteiger charge is 2.06. The molecule has 14 heavy (non-hydrogen) atoms. The summed E-state index contributed by atoms with van der Waals surface area (Å²) in [6.07, 6.45) is 1.70. The van der Waals surface area contributed by atoms with E-state index in [1.807, 2.05) is 6.92 Å². The van der Waals surface area contributed by atoms with Gasteiger partial charge in [0.05, 0.1) is 7.11 Å². The Bertz CT molecular complexity index is 312. The van der Waals surface area contributed by atoms with Crippen LogP contribution in [-0.4, -0.2) is 13.7 Å². The fraction of sp³-hybridized carbons (Fsp3) is 0.455. The average molecular weight is 197 g/mol. The number of ether oxygens (including phenoxy) is 1. The maximum atomic E-state index is 13.3. The molecule has 0 saturated carbocycles. The molecule has 1 rings (SSSR count). The van der Waals surface area contributed by atoms with E-state index in [2.05, 4.69) is 0 Å². The molecule has 0 atom stereocenters. The van der Waals surface area contributed by atoms with Crippen LogP contribution >= 0.6 is 0 Å². The van der Waals surface area contributed by atoms with E-state index in [9.17, 15) is 4.39 Å². The Hall–Kier alpha value is -1.09. The Morgan fingerprint density at radius 2 is 2.14 bits per heavy atom. The highest BCUT2D eigenvalue weighted by molar-refractivity contribution is 5.36. The number of nitrogens with two attached hydrogens (primary N) is 1. The number of benzene rings is 1. The highest BCUT2D eigenvalue weighted by atomic mass is 19.1. The molecule has 3 heteroatoms. The lowest BCUT2D eigenvalue weighted by atomic mass is 10.0. The van der Waals surface area contributed by atoms with Crippen LogP contribution in [0.3, 0.4) is 0 Å². The van der Waals surface area contributed by atoms with E-state index in [-0.39, 0.29) is 5.82 Å². The van der Waals surface area contributed by atoms with Gasteiger partial charge in [0, 0.05) is 0 Å². The first-order valence-electron chi connectivity index (χ1n) is 4.72. The van der Waals surface area contributed by atoms with E-state index in [1.54, 1.807) is 6.07 Å². The molecule has 0 fully saturated rings. The van der Waals surface area contributed by atoms with Gasteiger partial charge in [-0.2, -0.15) is 0 Å². The quantitative estimate of drug-likeness (QED) is 0.801. The van der Waals surface area contributed by atoms with Gasteiger partial charge in [0.25, 0.3) is 0 Å². The summed E-state index contributed by atoms with van der Waals surface area (Å²) in [6, 6.07) is 3.25. The molecule has 0 heterocycles. The van der Waals surface area contributed by atoms with Crippen molar-refractivity contribution in [2.75, 3.05) is 13.7 Å². The maximum Gasteiger partial charge on any atom is 0.165 e. The van der Waals surface area contributed by atoms with E-state index >= 15 is 0 Å². The number of hydrogen-bond acceptors (Lipinski definition) is 2. The summed E-state index contributed by atoms with van der Waals surface area (Å²) in [7, 11) is 1.47. The summed E-state index contributed by atoms with van der Waals surface area (Å²) in [5, 5.41) is 0. The van der Waals surface area contributed by atoms with Crippen LogP contribution in [0.4, 0.5) is 4.39 Å². The zero-order valence-electron chi connectivity index (χ0n) is 8.64. The molecular formula is C11H16FNO. The molecule has 2 N–H and O–H groups in total. The second kappa shape index (κ2) is 4.96. The second-order valence-corrected chi connectivity index (χ2v) is 3.31. The molecule has 0 spiro atoms. The lowest BCUT2D eigenvalue weighted by Crippen LogP contribution is -2.02. The fourth-order valence-corrected chi connectivity index (χ4v) is 1.41. The van der Waals surface area contributed by atoms with Crippen LogP contribution < -0.4 is 10.5 Å². The average Bonchev–Trinajstić information content (AvgIpc) is 2.18. The van der Waals surface area contributed by atoms with Crippen LogP contribution in [-0.2, 0) is 6.42 Å². The summed E-state index contributed by atoms with van der Waals surface area (Å²) in [4.78, 5) is 0. The van der Waals surface area contributed by atoms with Crippen LogP contribution in [0.15, 0.2) is 12.1 Å². The first-order valence-corrected chi connectivity index (χ1v) is 4.72. The molecule has 0 aliphatic carbocycles. The van der Waals surface area contributed by atoms with Gasteiger partial charge >= 0.3 is 0 Å². The monoisotopic (exact) mass is 197 g/mol. The number of rotatable bonds is 4. The van der Waals surface area contributed by atoms with Crippen molar-refractivity contribution in [3.63, 3.8) is 0 Å². The Labute approximate surface area is 83.9 Å². The third kappa shape index (κ3) is 2.45. The molecule has 0 saturated heterocycles. The minimum atomic E-state index is -0.301. The van der Waals surface area contributed by atoms with Gasteiger partial charge in [-0.1, -0.05) is 0 Å². The standard InChI is InChI=1S/C11H16FNO/c1-8-6-11(14-2)10(12)7-9(8)4-3-5-13/h6-7H,3-5,13H2,1-2H3. The first kappa shape index (κ1) is 11.0. The molecule has 0 bridgehead atoms. The molecule has 0 aromatic heterocycles. The van der Waals surface area contributed by atoms with E-state index in [1.165, 1.54) is 13.2 Å². The van der Waals surface area contributed by atoms with Crippen molar-refractivity contribution in [3.05, 3.63) is 29.1 Å².